The van der Waals surface area contributed by atoms with Crippen LogP contribution in [0.3, 0.4) is 0 Å². The van der Waals surface area contributed by atoms with E-state index in [2.05, 4.69) is 0 Å². The molecule has 1 atom stereocenters. The van der Waals surface area contributed by atoms with Crippen LogP contribution in [-0.4, -0.2) is 19.8 Å². The van der Waals surface area contributed by atoms with Crippen LogP contribution in [0.4, 0.5) is 4.39 Å². The molecule has 1 fully saturated rings. The van der Waals surface area contributed by atoms with Crippen molar-refractivity contribution >= 4 is 0 Å². The van der Waals surface area contributed by atoms with E-state index in [9.17, 15) is 4.39 Å². The second-order valence-electron chi connectivity index (χ2n) is 3.77. The molecular formula is C11H14FNO. The molecule has 2 nitrogen and oxygen atoms in total. The lowest BCUT2D eigenvalue weighted by molar-refractivity contribution is 0.177. The molecule has 2 N–H and O–H groups in total. The zero-order chi connectivity index (χ0) is 10.0. The largest absolute Gasteiger partial charge is 0.380 e. The Morgan fingerprint density at radius 1 is 1.43 bits per heavy atom. The van der Waals surface area contributed by atoms with Gasteiger partial charge in [-0.2, -0.15) is 0 Å². The van der Waals surface area contributed by atoms with Crippen LogP contribution in [0.2, 0.25) is 0 Å². The molecule has 3 heteroatoms. The molecule has 76 valence electrons. The molecule has 0 radical (unpaired) electrons. The van der Waals surface area contributed by atoms with E-state index < -0.39 is 0 Å². The number of halogens is 1. The first-order valence-electron chi connectivity index (χ1n) is 4.81. The molecule has 1 aliphatic rings. The third-order valence-corrected chi connectivity index (χ3v) is 2.94. The molecule has 14 heavy (non-hydrogen) atoms. The van der Waals surface area contributed by atoms with Crippen molar-refractivity contribution in [2.75, 3.05) is 19.8 Å². The predicted octanol–water partition coefficient (Wildman–Crippen LogP) is 1.44. The molecule has 1 aliphatic heterocycles. The van der Waals surface area contributed by atoms with Crippen LogP contribution in [0.15, 0.2) is 24.3 Å². The Morgan fingerprint density at radius 3 is 2.79 bits per heavy atom. The van der Waals surface area contributed by atoms with E-state index in [4.69, 9.17) is 10.5 Å². The third kappa shape index (κ3) is 1.42. The first-order chi connectivity index (χ1) is 6.78. The lowest BCUT2D eigenvalue weighted by Gasteiger charge is -2.26. The van der Waals surface area contributed by atoms with Crippen molar-refractivity contribution in [2.45, 2.75) is 11.8 Å². The molecule has 1 unspecified atom stereocenters. The number of nitrogens with two attached hydrogens (primary N) is 1. The fourth-order valence-electron chi connectivity index (χ4n) is 1.98. The van der Waals surface area contributed by atoms with Gasteiger partial charge in [0.05, 0.1) is 6.61 Å². The summed E-state index contributed by atoms with van der Waals surface area (Å²) in [4.78, 5) is 0. The summed E-state index contributed by atoms with van der Waals surface area (Å²) in [5.41, 5.74) is 6.12. The summed E-state index contributed by atoms with van der Waals surface area (Å²) in [6.45, 7) is 1.64. The van der Waals surface area contributed by atoms with Crippen LogP contribution in [0.25, 0.3) is 0 Å². The van der Waals surface area contributed by atoms with Crippen molar-refractivity contribution in [3.8, 4) is 0 Å². The zero-order valence-electron chi connectivity index (χ0n) is 8.00. The summed E-state index contributed by atoms with van der Waals surface area (Å²) < 4.78 is 18.9. The molecule has 0 aliphatic carbocycles. The molecule has 1 heterocycles. The van der Waals surface area contributed by atoms with Gasteiger partial charge in [-0.3, -0.25) is 0 Å². The molecule has 2 rings (SSSR count). The molecule has 1 saturated heterocycles. The minimum atomic E-state index is -0.300. The van der Waals surface area contributed by atoms with Gasteiger partial charge in [0.15, 0.2) is 0 Å². The third-order valence-electron chi connectivity index (χ3n) is 2.94. The predicted molar refractivity (Wildman–Crippen MR) is 52.6 cm³/mol. The van der Waals surface area contributed by atoms with Crippen LogP contribution < -0.4 is 5.73 Å². The van der Waals surface area contributed by atoms with Gasteiger partial charge in [0.2, 0.25) is 0 Å². The van der Waals surface area contributed by atoms with Crippen LogP contribution in [0.5, 0.6) is 0 Å². The maximum absolute atomic E-state index is 13.6. The summed E-state index contributed by atoms with van der Waals surface area (Å²) >= 11 is 0. The highest BCUT2D eigenvalue weighted by Gasteiger charge is 2.37. The normalized spacial score (nSPS) is 26.7. The summed E-state index contributed by atoms with van der Waals surface area (Å²) in [7, 11) is 0. The fraction of sp³-hybridized carbons (Fsp3) is 0.455. The molecule has 0 aromatic heterocycles. The van der Waals surface area contributed by atoms with Gasteiger partial charge in [0, 0.05) is 18.6 Å². The number of rotatable bonds is 2. The van der Waals surface area contributed by atoms with Crippen molar-refractivity contribution < 1.29 is 9.13 Å². The SMILES string of the molecule is NCC1(c2ccccc2F)CCOC1. The maximum Gasteiger partial charge on any atom is 0.127 e. The second kappa shape index (κ2) is 3.67. The van der Waals surface area contributed by atoms with Crippen molar-refractivity contribution in [1.29, 1.82) is 0 Å². The van der Waals surface area contributed by atoms with Crippen LogP contribution in [-0.2, 0) is 10.2 Å². The number of hydrogen-bond acceptors (Lipinski definition) is 2. The molecule has 0 amide bonds. The lowest BCUT2D eigenvalue weighted by Crippen LogP contribution is -2.36. The van der Waals surface area contributed by atoms with Gasteiger partial charge < -0.3 is 10.5 Å². The minimum absolute atomic E-state index is 0.177. The lowest BCUT2D eigenvalue weighted by atomic mass is 9.80. The topological polar surface area (TPSA) is 35.2 Å². The summed E-state index contributed by atoms with van der Waals surface area (Å²) in [5, 5.41) is 0. The molecule has 1 aromatic rings. The van der Waals surface area contributed by atoms with Gasteiger partial charge in [0.1, 0.15) is 5.82 Å². The second-order valence-corrected chi connectivity index (χ2v) is 3.77. The first-order valence-corrected chi connectivity index (χ1v) is 4.81. The average Bonchev–Trinajstić information content (AvgIpc) is 2.68. The number of hydrogen-bond donors (Lipinski definition) is 1. The first kappa shape index (κ1) is 9.62. The summed E-state index contributed by atoms with van der Waals surface area (Å²) in [6, 6.07) is 6.81. The standard InChI is InChI=1S/C11H14FNO/c12-10-4-2-1-3-9(10)11(7-13)5-6-14-8-11/h1-4H,5-8,13H2. The van der Waals surface area contributed by atoms with Crippen molar-refractivity contribution in [3.05, 3.63) is 35.6 Å². The van der Waals surface area contributed by atoms with E-state index in [1.54, 1.807) is 12.1 Å². The van der Waals surface area contributed by atoms with Crippen LogP contribution >= 0.6 is 0 Å². The number of ether oxygens (including phenoxy) is 1. The quantitative estimate of drug-likeness (QED) is 0.775. The smallest absolute Gasteiger partial charge is 0.127 e. The molecule has 0 bridgehead atoms. The Labute approximate surface area is 82.9 Å². The van der Waals surface area contributed by atoms with Gasteiger partial charge in [-0.15, -0.1) is 0 Å². The van der Waals surface area contributed by atoms with Gasteiger partial charge in [-0.05, 0) is 18.1 Å². The average molecular weight is 195 g/mol. The molecule has 0 spiro atoms. The van der Waals surface area contributed by atoms with Crippen molar-refractivity contribution in [2.24, 2.45) is 5.73 Å². The molecule has 1 aromatic carbocycles. The Balaban J connectivity index is 2.41. The zero-order valence-corrected chi connectivity index (χ0v) is 8.00. The highest BCUT2D eigenvalue weighted by atomic mass is 19.1. The van der Waals surface area contributed by atoms with Crippen LogP contribution in [0.1, 0.15) is 12.0 Å². The fourth-order valence-corrected chi connectivity index (χ4v) is 1.98. The van der Waals surface area contributed by atoms with E-state index in [0.29, 0.717) is 25.3 Å². The Morgan fingerprint density at radius 2 is 2.21 bits per heavy atom. The highest BCUT2D eigenvalue weighted by Crippen LogP contribution is 2.33. The minimum Gasteiger partial charge on any atom is -0.380 e. The van der Waals surface area contributed by atoms with E-state index >= 15 is 0 Å². The summed E-state index contributed by atoms with van der Waals surface area (Å²) in [6.07, 6.45) is 0.810. The number of benzene rings is 1. The van der Waals surface area contributed by atoms with E-state index in [-0.39, 0.29) is 11.2 Å². The molecular weight excluding hydrogens is 181 g/mol. The summed E-state index contributed by atoms with van der Waals surface area (Å²) in [5.74, 6) is -0.177. The maximum atomic E-state index is 13.6. The van der Waals surface area contributed by atoms with Crippen LogP contribution in [0, 0.1) is 5.82 Å². The van der Waals surface area contributed by atoms with Crippen molar-refractivity contribution in [3.63, 3.8) is 0 Å². The highest BCUT2D eigenvalue weighted by molar-refractivity contribution is 5.28. The monoisotopic (exact) mass is 195 g/mol. The van der Waals surface area contributed by atoms with Gasteiger partial charge in [-0.25, -0.2) is 4.39 Å². The van der Waals surface area contributed by atoms with Gasteiger partial charge in [0.25, 0.3) is 0 Å². The van der Waals surface area contributed by atoms with E-state index in [0.717, 1.165) is 6.42 Å². The van der Waals surface area contributed by atoms with Gasteiger partial charge >= 0.3 is 0 Å². The Bertz CT molecular complexity index is 321. The van der Waals surface area contributed by atoms with E-state index in [1.807, 2.05) is 6.07 Å². The Hall–Kier alpha value is -0.930. The Kier molecular flexibility index (Phi) is 2.52. The van der Waals surface area contributed by atoms with Crippen molar-refractivity contribution in [1.82, 2.24) is 0 Å². The van der Waals surface area contributed by atoms with Gasteiger partial charge in [-0.1, -0.05) is 18.2 Å². The van der Waals surface area contributed by atoms with E-state index in [1.165, 1.54) is 6.07 Å². The molecule has 0 saturated carbocycles.